The maximum absolute atomic E-state index is 14.9. The molecule has 2 aromatic heterocycles. The van der Waals surface area contributed by atoms with Crippen LogP contribution in [0, 0.1) is 5.82 Å². The molecule has 2 aromatic carbocycles. The van der Waals surface area contributed by atoms with Crippen molar-refractivity contribution in [3.05, 3.63) is 99.9 Å². The molecule has 0 unspecified atom stereocenters. The third-order valence-electron chi connectivity index (χ3n) is 5.10. The molecule has 4 nitrogen and oxygen atoms in total. The zero-order valence-corrected chi connectivity index (χ0v) is 15.0. The zero-order chi connectivity index (χ0) is 19.1. The number of nitrogens with zero attached hydrogens (tertiary/aromatic N) is 3. The summed E-state index contributed by atoms with van der Waals surface area (Å²) in [5.41, 5.74) is 5.44. The molecule has 0 saturated carbocycles. The van der Waals surface area contributed by atoms with Crippen LogP contribution in [0.2, 0.25) is 0 Å². The first-order valence-corrected chi connectivity index (χ1v) is 9.08. The van der Waals surface area contributed by atoms with Gasteiger partial charge in [0.15, 0.2) is 5.65 Å². The number of allylic oxidation sites excluding steroid dienone is 1. The fourth-order valence-electron chi connectivity index (χ4n) is 3.60. The topological polar surface area (TPSA) is 47.8 Å². The molecule has 1 aliphatic carbocycles. The molecule has 0 spiro atoms. The smallest absolute Gasteiger partial charge is 0.270 e. The molecule has 136 valence electrons. The van der Waals surface area contributed by atoms with E-state index in [0.29, 0.717) is 16.7 Å². The van der Waals surface area contributed by atoms with Gasteiger partial charge in [-0.25, -0.2) is 14.4 Å². The monoisotopic (exact) mass is 369 g/mol. The molecular weight excluding hydrogens is 353 g/mol. The van der Waals surface area contributed by atoms with Crippen molar-refractivity contribution in [3.8, 4) is 11.1 Å². The van der Waals surface area contributed by atoms with E-state index in [0.717, 1.165) is 17.5 Å². The second kappa shape index (κ2) is 6.53. The molecule has 5 heteroatoms. The minimum atomic E-state index is -0.346. The molecule has 0 saturated heterocycles. The Labute approximate surface area is 160 Å². The van der Waals surface area contributed by atoms with E-state index in [1.165, 1.54) is 28.0 Å². The van der Waals surface area contributed by atoms with Crippen molar-refractivity contribution in [2.75, 3.05) is 0 Å². The number of pyridine rings is 1. The van der Waals surface area contributed by atoms with Gasteiger partial charge >= 0.3 is 0 Å². The van der Waals surface area contributed by atoms with Gasteiger partial charge in [0.25, 0.3) is 5.56 Å². The Bertz CT molecular complexity index is 1310. The molecule has 4 aromatic rings. The molecule has 28 heavy (non-hydrogen) atoms. The number of hydrogen-bond acceptors (Lipinski definition) is 3. The molecule has 0 radical (unpaired) electrons. The highest BCUT2D eigenvalue weighted by atomic mass is 19.1. The van der Waals surface area contributed by atoms with E-state index in [1.54, 1.807) is 24.4 Å². The molecule has 5 rings (SSSR count). The average Bonchev–Trinajstić information content (AvgIpc) is 3.19. The molecule has 0 fully saturated rings. The summed E-state index contributed by atoms with van der Waals surface area (Å²) in [4.78, 5) is 20.6. The molecule has 1 aliphatic rings. The fourth-order valence-corrected chi connectivity index (χ4v) is 3.60. The van der Waals surface area contributed by atoms with Crippen molar-refractivity contribution in [1.82, 2.24) is 14.5 Å². The summed E-state index contributed by atoms with van der Waals surface area (Å²) in [5, 5.41) is 0. The minimum absolute atomic E-state index is 0.105. The molecule has 0 atom stereocenters. The Kier molecular flexibility index (Phi) is 3.86. The molecule has 2 heterocycles. The summed E-state index contributed by atoms with van der Waals surface area (Å²) in [6.45, 7) is 0.105. The first-order chi connectivity index (χ1) is 13.7. The van der Waals surface area contributed by atoms with Gasteiger partial charge in [0, 0.05) is 11.8 Å². The highest BCUT2D eigenvalue weighted by Gasteiger charge is 2.12. The minimum Gasteiger partial charge on any atom is -0.285 e. The number of fused-ring (bicyclic) bond motifs is 2. The quantitative estimate of drug-likeness (QED) is 0.543. The normalized spacial score (nSPS) is 12.5. The third-order valence-corrected chi connectivity index (χ3v) is 5.10. The standard InChI is InChI=1S/C23H16FN3O/c24-20-12-18(17-7-6-15-3-1-4-16(15)11-17)8-9-19(20)14-27-22(28)13-26-21-5-2-10-25-23(21)27/h1-2,4-13H,3,14H2. The lowest BCUT2D eigenvalue weighted by molar-refractivity contribution is 0.599. The summed E-state index contributed by atoms with van der Waals surface area (Å²) in [6.07, 6.45) is 8.02. The first-order valence-electron chi connectivity index (χ1n) is 9.08. The predicted octanol–water partition coefficient (Wildman–Crippen LogP) is 4.22. The lowest BCUT2D eigenvalue weighted by Gasteiger charge is -2.11. The number of hydrogen-bond donors (Lipinski definition) is 0. The molecule has 0 bridgehead atoms. The number of halogens is 1. The van der Waals surface area contributed by atoms with E-state index in [2.05, 4.69) is 34.3 Å². The van der Waals surface area contributed by atoms with Gasteiger partial charge in [0.2, 0.25) is 0 Å². The van der Waals surface area contributed by atoms with Crippen LogP contribution in [0.1, 0.15) is 16.7 Å². The van der Waals surface area contributed by atoms with Crippen LogP contribution < -0.4 is 5.56 Å². The van der Waals surface area contributed by atoms with Crippen molar-refractivity contribution in [3.63, 3.8) is 0 Å². The SMILES string of the molecule is O=c1cnc2cccnc2n1Cc1ccc(-c2ccc3c(c2)C=CC3)cc1F. The Morgan fingerprint density at radius 1 is 1.04 bits per heavy atom. The Hall–Kier alpha value is -3.60. The van der Waals surface area contributed by atoms with Crippen molar-refractivity contribution in [2.24, 2.45) is 0 Å². The summed E-state index contributed by atoms with van der Waals surface area (Å²) in [7, 11) is 0. The Balaban J connectivity index is 1.52. The lowest BCUT2D eigenvalue weighted by atomic mass is 9.99. The number of benzene rings is 2. The van der Waals surface area contributed by atoms with E-state index in [1.807, 2.05) is 12.1 Å². The molecular formula is C23H16FN3O. The van der Waals surface area contributed by atoms with Crippen molar-refractivity contribution in [1.29, 1.82) is 0 Å². The van der Waals surface area contributed by atoms with E-state index >= 15 is 0 Å². The highest BCUT2D eigenvalue weighted by Crippen LogP contribution is 2.28. The summed E-state index contributed by atoms with van der Waals surface area (Å²) < 4.78 is 16.3. The van der Waals surface area contributed by atoms with Crippen LogP contribution in [0.25, 0.3) is 28.4 Å². The fraction of sp³-hybridized carbons (Fsp3) is 0.0870. The lowest BCUT2D eigenvalue weighted by Crippen LogP contribution is -2.22. The van der Waals surface area contributed by atoms with E-state index in [9.17, 15) is 9.18 Å². The maximum atomic E-state index is 14.9. The van der Waals surface area contributed by atoms with E-state index in [-0.39, 0.29) is 17.9 Å². The van der Waals surface area contributed by atoms with Crippen molar-refractivity contribution < 1.29 is 4.39 Å². The van der Waals surface area contributed by atoms with Crippen LogP contribution in [0.4, 0.5) is 4.39 Å². The second-order valence-electron chi connectivity index (χ2n) is 6.85. The highest BCUT2D eigenvalue weighted by molar-refractivity contribution is 5.72. The summed E-state index contributed by atoms with van der Waals surface area (Å²) >= 11 is 0. The summed E-state index contributed by atoms with van der Waals surface area (Å²) in [5.74, 6) is -0.346. The average molecular weight is 369 g/mol. The van der Waals surface area contributed by atoms with Gasteiger partial charge in [-0.2, -0.15) is 0 Å². The molecule has 0 amide bonds. The van der Waals surface area contributed by atoms with E-state index in [4.69, 9.17) is 0 Å². The van der Waals surface area contributed by atoms with Gasteiger partial charge in [-0.05, 0) is 52.9 Å². The van der Waals surface area contributed by atoms with Gasteiger partial charge in [-0.15, -0.1) is 0 Å². The second-order valence-corrected chi connectivity index (χ2v) is 6.85. The van der Waals surface area contributed by atoms with Gasteiger partial charge in [-0.3, -0.25) is 9.36 Å². The van der Waals surface area contributed by atoms with Crippen molar-refractivity contribution in [2.45, 2.75) is 13.0 Å². The largest absolute Gasteiger partial charge is 0.285 e. The molecule has 0 aliphatic heterocycles. The first kappa shape index (κ1) is 16.6. The Morgan fingerprint density at radius 2 is 1.89 bits per heavy atom. The number of rotatable bonds is 3. The van der Waals surface area contributed by atoms with Crippen molar-refractivity contribution >= 4 is 17.2 Å². The van der Waals surface area contributed by atoms with Crippen LogP contribution in [0.15, 0.2) is 71.8 Å². The van der Waals surface area contributed by atoms with E-state index < -0.39 is 0 Å². The van der Waals surface area contributed by atoms with Gasteiger partial charge in [0.05, 0.1) is 12.7 Å². The van der Waals surface area contributed by atoms with Crippen LogP contribution in [0.3, 0.4) is 0 Å². The maximum Gasteiger partial charge on any atom is 0.270 e. The van der Waals surface area contributed by atoms with Crippen LogP contribution in [-0.4, -0.2) is 14.5 Å². The summed E-state index contributed by atoms with van der Waals surface area (Å²) in [6, 6.07) is 14.9. The predicted molar refractivity (Wildman–Crippen MR) is 107 cm³/mol. The van der Waals surface area contributed by atoms with Crippen LogP contribution >= 0.6 is 0 Å². The van der Waals surface area contributed by atoms with Gasteiger partial charge < -0.3 is 0 Å². The number of aromatic nitrogens is 3. The van der Waals surface area contributed by atoms with Crippen LogP contribution in [-0.2, 0) is 13.0 Å². The van der Waals surface area contributed by atoms with Gasteiger partial charge in [0.1, 0.15) is 11.3 Å². The third kappa shape index (κ3) is 2.81. The molecule has 0 N–H and O–H groups in total. The zero-order valence-electron chi connectivity index (χ0n) is 15.0. The van der Waals surface area contributed by atoms with Gasteiger partial charge in [-0.1, -0.05) is 36.4 Å². The Morgan fingerprint density at radius 3 is 2.79 bits per heavy atom. The van der Waals surface area contributed by atoms with Crippen LogP contribution in [0.5, 0.6) is 0 Å².